The van der Waals surface area contributed by atoms with Gasteiger partial charge in [-0.25, -0.2) is 4.98 Å². The number of halogens is 1. The molecule has 21 heavy (non-hydrogen) atoms. The van der Waals surface area contributed by atoms with E-state index in [0.717, 1.165) is 0 Å². The maximum Gasteiger partial charge on any atom is 0.305 e. The highest BCUT2D eigenvalue weighted by atomic mass is 35.5. The third-order valence-electron chi connectivity index (χ3n) is 2.80. The molecule has 0 saturated heterocycles. The first-order valence-corrected chi connectivity index (χ1v) is 6.66. The van der Waals surface area contributed by atoms with Crippen molar-refractivity contribution in [1.82, 2.24) is 4.98 Å². The summed E-state index contributed by atoms with van der Waals surface area (Å²) in [6.07, 6.45) is 1.26. The van der Waals surface area contributed by atoms with Crippen LogP contribution in [-0.4, -0.2) is 28.5 Å². The topological polar surface area (TPSA) is 70.5 Å². The number of carbonyl (C=O) groups excluding carboxylic acids is 1. The fourth-order valence-corrected chi connectivity index (χ4v) is 1.90. The molecule has 5 nitrogen and oxygen atoms in total. The largest absolute Gasteiger partial charge is 0.481 e. The molecule has 0 fully saturated rings. The van der Waals surface area contributed by atoms with Gasteiger partial charge in [-0.2, -0.15) is 0 Å². The molecule has 0 unspecified atom stereocenters. The Bertz CT molecular complexity index is 629. The van der Waals surface area contributed by atoms with E-state index in [1.807, 2.05) is 0 Å². The van der Waals surface area contributed by atoms with E-state index in [0.29, 0.717) is 16.4 Å². The first kappa shape index (κ1) is 15.0. The van der Waals surface area contributed by atoms with Gasteiger partial charge >= 0.3 is 5.97 Å². The van der Waals surface area contributed by atoms with Crippen LogP contribution in [0.1, 0.15) is 16.8 Å². The van der Waals surface area contributed by atoms with Crippen molar-refractivity contribution in [1.29, 1.82) is 0 Å². The van der Waals surface area contributed by atoms with E-state index < -0.39 is 5.97 Å². The Kier molecular flexibility index (Phi) is 4.90. The smallest absolute Gasteiger partial charge is 0.305 e. The van der Waals surface area contributed by atoms with Gasteiger partial charge in [0.25, 0.3) is 5.91 Å². The van der Waals surface area contributed by atoms with Gasteiger partial charge in [-0.15, -0.1) is 0 Å². The summed E-state index contributed by atoms with van der Waals surface area (Å²) in [5, 5.41) is 9.27. The van der Waals surface area contributed by atoms with Crippen LogP contribution >= 0.6 is 11.6 Å². The van der Waals surface area contributed by atoms with Crippen molar-refractivity contribution in [3.05, 3.63) is 59.2 Å². The predicted molar refractivity (Wildman–Crippen MR) is 79.6 cm³/mol. The van der Waals surface area contributed by atoms with Crippen molar-refractivity contribution >= 4 is 29.3 Å². The normalized spacial score (nSPS) is 10.1. The van der Waals surface area contributed by atoms with Crippen LogP contribution in [0.4, 0.5) is 5.82 Å². The number of carboxylic acid groups (broad SMARTS) is 1. The molecule has 0 saturated carbocycles. The number of anilines is 1. The van der Waals surface area contributed by atoms with Gasteiger partial charge in [-0.3, -0.25) is 14.5 Å². The third-order valence-corrected chi connectivity index (χ3v) is 3.03. The molecule has 1 heterocycles. The number of pyridine rings is 1. The average molecular weight is 305 g/mol. The number of amides is 1. The Hall–Kier alpha value is -2.40. The maximum atomic E-state index is 12.5. The number of aliphatic carboxylic acids is 1. The Morgan fingerprint density at radius 2 is 1.86 bits per heavy atom. The van der Waals surface area contributed by atoms with Crippen LogP contribution in [-0.2, 0) is 4.79 Å². The first-order chi connectivity index (χ1) is 10.1. The summed E-state index contributed by atoms with van der Waals surface area (Å²) in [7, 11) is 0. The van der Waals surface area contributed by atoms with E-state index in [4.69, 9.17) is 16.7 Å². The second kappa shape index (κ2) is 6.85. The zero-order valence-corrected chi connectivity index (χ0v) is 11.8. The molecule has 2 aromatic rings. The first-order valence-electron chi connectivity index (χ1n) is 6.28. The van der Waals surface area contributed by atoms with Gasteiger partial charge in [0.2, 0.25) is 0 Å². The minimum absolute atomic E-state index is 0.0394. The summed E-state index contributed by atoms with van der Waals surface area (Å²) in [4.78, 5) is 28.7. The molecule has 1 aromatic heterocycles. The molecule has 6 heteroatoms. The lowest BCUT2D eigenvalue weighted by Crippen LogP contribution is -2.33. The quantitative estimate of drug-likeness (QED) is 0.922. The molecule has 1 amide bonds. The van der Waals surface area contributed by atoms with Crippen LogP contribution in [0.5, 0.6) is 0 Å². The van der Waals surface area contributed by atoms with Crippen LogP contribution in [0.3, 0.4) is 0 Å². The van der Waals surface area contributed by atoms with Crippen LogP contribution in [0, 0.1) is 0 Å². The molecule has 0 aliphatic rings. The Balaban J connectivity index is 2.29. The summed E-state index contributed by atoms with van der Waals surface area (Å²) in [5.74, 6) is -0.906. The number of rotatable bonds is 5. The summed E-state index contributed by atoms with van der Waals surface area (Å²) < 4.78 is 0. The Morgan fingerprint density at radius 1 is 1.14 bits per heavy atom. The fourth-order valence-electron chi connectivity index (χ4n) is 1.79. The molecule has 0 atom stereocenters. The minimum atomic E-state index is -0.977. The number of hydrogen-bond donors (Lipinski definition) is 1. The number of carbonyl (C=O) groups is 2. The zero-order valence-electron chi connectivity index (χ0n) is 11.1. The molecule has 1 aromatic carbocycles. The van der Waals surface area contributed by atoms with Gasteiger partial charge in [0.15, 0.2) is 0 Å². The lowest BCUT2D eigenvalue weighted by molar-refractivity contribution is -0.136. The second-order valence-corrected chi connectivity index (χ2v) is 4.74. The summed E-state index contributed by atoms with van der Waals surface area (Å²) in [5.41, 5.74) is 0.472. The number of aromatic nitrogens is 1. The lowest BCUT2D eigenvalue weighted by Gasteiger charge is -2.21. The lowest BCUT2D eigenvalue weighted by atomic mass is 10.2. The molecular formula is C15H13ClN2O3. The summed E-state index contributed by atoms with van der Waals surface area (Å²) in [6, 6.07) is 11.8. The molecule has 108 valence electrons. The number of carboxylic acids is 1. The van der Waals surface area contributed by atoms with Crippen molar-refractivity contribution in [2.24, 2.45) is 0 Å². The molecule has 0 aliphatic carbocycles. The minimum Gasteiger partial charge on any atom is -0.481 e. The number of hydrogen-bond acceptors (Lipinski definition) is 3. The van der Waals surface area contributed by atoms with Gasteiger partial charge in [0.1, 0.15) is 5.82 Å². The highest BCUT2D eigenvalue weighted by Crippen LogP contribution is 2.17. The Labute approximate surface area is 126 Å². The molecule has 0 radical (unpaired) electrons. The van der Waals surface area contributed by atoms with Gasteiger partial charge < -0.3 is 5.11 Å². The third kappa shape index (κ3) is 4.03. The van der Waals surface area contributed by atoms with Crippen molar-refractivity contribution < 1.29 is 14.7 Å². The molecule has 1 N–H and O–H groups in total. The second-order valence-electron chi connectivity index (χ2n) is 4.30. The van der Waals surface area contributed by atoms with Crippen LogP contribution in [0.2, 0.25) is 5.02 Å². The van der Waals surface area contributed by atoms with E-state index in [2.05, 4.69) is 4.98 Å². The molecule has 0 spiro atoms. The van der Waals surface area contributed by atoms with Crippen LogP contribution in [0.25, 0.3) is 0 Å². The van der Waals surface area contributed by atoms with Crippen molar-refractivity contribution in [3.8, 4) is 0 Å². The number of nitrogens with zero attached hydrogens (tertiary/aromatic N) is 2. The van der Waals surface area contributed by atoms with Crippen LogP contribution in [0.15, 0.2) is 48.7 Å². The van der Waals surface area contributed by atoms with E-state index in [-0.39, 0.29) is 18.9 Å². The predicted octanol–water partition coefficient (Wildman–Crippen LogP) is 2.86. The zero-order chi connectivity index (χ0) is 15.2. The molecule has 0 aliphatic heterocycles. The highest BCUT2D eigenvalue weighted by Gasteiger charge is 2.19. The summed E-state index contributed by atoms with van der Waals surface area (Å²) in [6.45, 7) is 0.0394. The average Bonchev–Trinajstić information content (AvgIpc) is 2.49. The van der Waals surface area contributed by atoms with Crippen molar-refractivity contribution in [2.75, 3.05) is 11.4 Å². The molecular weight excluding hydrogens is 292 g/mol. The molecule has 0 bridgehead atoms. The van der Waals surface area contributed by atoms with E-state index >= 15 is 0 Å². The van der Waals surface area contributed by atoms with Gasteiger partial charge in [0.05, 0.1) is 11.4 Å². The SMILES string of the molecule is O=C(O)CCN(C(=O)c1ccccc1)c1ccc(Cl)cn1. The molecule has 2 rings (SSSR count). The maximum absolute atomic E-state index is 12.5. The summed E-state index contributed by atoms with van der Waals surface area (Å²) >= 11 is 5.78. The van der Waals surface area contributed by atoms with Gasteiger partial charge in [-0.1, -0.05) is 29.8 Å². The Morgan fingerprint density at radius 3 is 2.43 bits per heavy atom. The number of benzene rings is 1. The van der Waals surface area contributed by atoms with E-state index in [1.54, 1.807) is 42.5 Å². The van der Waals surface area contributed by atoms with E-state index in [9.17, 15) is 9.59 Å². The van der Waals surface area contributed by atoms with Gasteiger partial charge in [-0.05, 0) is 24.3 Å². The van der Waals surface area contributed by atoms with Gasteiger partial charge in [0, 0.05) is 18.3 Å². The van der Waals surface area contributed by atoms with E-state index in [1.165, 1.54) is 11.1 Å². The van der Waals surface area contributed by atoms with Crippen LogP contribution < -0.4 is 4.90 Å². The standard InChI is InChI=1S/C15H13ClN2O3/c16-12-6-7-13(17-10-12)18(9-8-14(19)20)15(21)11-4-2-1-3-5-11/h1-7,10H,8-9H2,(H,19,20). The van der Waals surface area contributed by atoms with Crippen molar-refractivity contribution in [3.63, 3.8) is 0 Å². The van der Waals surface area contributed by atoms with Crippen molar-refractivity contribution in [2.45, 2.75) is 6.42 Å². The fraction of sp³-hybridized carbons (Fsp3) is 0.133. The highest BCUT2D eigenvalue weighted by molar-refractivity contribution is 6.30. The monoisotopic (exact) mass is 304 g/mol.